The first-order valence-corrected chi connectivity index (χ1v) is 5.84. The first kappa shape index (κ1) is 11.5. The van der Waals surface area contributed by atoms with Crippen molar-refractivity contribution < 1.29 is 4.92 Å². The molecule has 1 heterocycles. The van der Waals surface area contributed by atoms with E-state index in [2.05, 4.69) is 0 Å². The van der Waals surface area contributed by atoms with Gasteiger partial charge in [-0.2, -0.15) is 0 Å². The van der Waals surface area contributed by atoms with Crippen LogP contribution in [0.2, 0.25) is 0 Å². The first-order valence-electron chi connectivity index (χ1n) is 5.02. The van der Waals surface area contributed by atoms with Crippen LogP contribution in [0.1, 0.15) is 11.3 Å². The second kappa shape index (κ2) is 4.50. The second-order valence-corrected chi connectivity index (χ2v) is 4.60. The van der Waals surface area contributed by atoms with Crippen LogP contribution >= 0.6 is 11.3 Å². The smallest absolute Gasteiger partial charge is 0.311 e. The van der Waals surface area contributed by atoms with Crippen molar-refractivity contribution in [2.75, 3.05) is 0 Å². The molecule has 6 heteroatoms. The first-order chi connectivity index (χ1) is 8.09. The van der Waals surface area contributed by atoms with Gasteiger partial charge in [-0.05, 0) is 23.8 Å². The highest BCUT2D eigenvalue weighted by atomic mass is 32.1. The van der Waals surface area contributed by atoms with Crippen molar-refractivity contribution in [2.24, 2.45) is 0 Å². The molecule has 0 unspecified atom stereocenters. The molecule has 0 aliphatic rings. The summed E-state index contributed by atoms with van der Waals surface area (Å²) in [5.74, 6) is 0. The van der Waals surface area contributed by atoms with E-state index in [4.69, 9.17) is 5.41 Å². The Balaban J connectivity index is 2.41. The maximum absolute atomic E-state index is 10.8. The summed E-state index contributed by atoms with van der Waals surface area (Å²) in [6.07, 6.45) is 0. The van der Waals surface area contributed by atoms with Crippen molar-refractivity contribution in [3.63, 3.8) is 0 Å². The van der Waals surface area contributed by atoms with E-state index in [0.717, 1.165) is 16.9 Å². The molecule has 1 N–H and O–H groups in total. The molecular formula is C11H11N3O2S. The average molecular weight is 249 g/mol. The average Bonchev–Trinajstić information content (AvgIpc) is 2.58. The van der Waals surface area contributed by atoms with Crippen molar-refractivity contribution in [2.45, 2.75) is 13.5 Å². The van der Waals surface area contributed by atoms with Crippen LogP contribution in [0.5, 0.6) is 0 Å². The number of hydrogen-bond donors (Lipinski definition) is 1. The van der Waals surface area contributed by atoms with Crippen molar-refractivity contribution in [3.05, 3.63) is 56.5 Å². The SMILES string of the molecule is Cc1c([N+](=O)[O-])sc(=N)n1Cc1ccccc1. The molecule has 0 bridgehead atoms. The summed E-state index contributed by atoms with van der Waals surface area (Å²) in [5.41, 5.74) is 1.57. The normalized spacial score (nSPS) is 10.4. The van der Waals surface area contributed by atoms with Crippen LogP contribution in [0.15, 0.2) is 30.3 Å². The highest BCUT2D eigenvalue weighted by Gasteiger charge is 2.18. The van der Waals surface area contributed by atoms with E-state index in [0.29, 0.717) is 12.2 Å². The van der Waals surface area contributed by atoms with Gasteiger partial charge in [0.15, 0.2) is 4.80 Å². The quantitative estimate of drug-likeness (QED) is 0.669. The molecule has 1 aromatic carbocycles. The van der Waals surface area contributed by atoms with Gasteiger partial charge >= 0.3 is 5.00 Å². The summed E-state index contributed by atoms with van der Waals surface area (Å²) in [6.45, 7) is 2.17. The van der Waals surface area contributed by atoms with Crippen LogP contribution in [0.4, 0.5) is 5.00 Å². The monoisotopic (exact) mass is 249 g/mol. The van der Waals surface area contributed by atoms with Gasteiger partial charge in [0, 0.05) is 0 Å². The Morgan fingerprint density at radius 3 is 2.59 bits per heavy atom. The largest absolute Gasteiger partial charge is 0.346 e. The number of nitrogens with zero attached hydrogens (tertiary/aromatic N) is 2. The van der Waals surface area contributed by atoms with Gasteiger partial charge in [-0.3, -0.25) is 15.5 Å². The van der Waals surface area contributed by atoms with Gasteiger partial charge in [0.25, 0.3) is 0 Å². The van der Waals surface area contributed by atoms with Crippen LogP contribution < -0.4 is 4.80 Å². The fraction of sp³-hybridized carbons (Fsp3) is 0.182. The third-order valence-corrected chi connectivity index (χ3v) is 3.55. The molecule has 0 aliphatic carbocycles. The molecule has 2 rings (SSSR count). The maximum Gasteiger partial charge on any atom is 0.346 e. The Kier molecular flexibility index (Phi) is 3.06. The molecular weight excluding hydrogens is 238 g/mol. The minimum atomic E-state index is -0.431. The predicted molar refractivity (Wildman–Crippen MR) is 65.1 cm³/mol. The lowest BCUT2D eigenvalue weighted by molar-refractivity contribution is -0.381. The maximum atomic E-state index is 10.8. The molecule has 1 aromatic heterocycles. The van der Waals surface area contributed by atoms with Gasteiger partial charge in [-0.1, -0.05) is 30.3 Å². The van der Waals surface area contributed by atoms with Crippen LogP contribution in [0.25, 0.3) is 0 Å². The van der Waals surface area contributed by atoms with Gasteiger partial charge in [0.05, 0.1) is 11.5 Å². The van der Waals surface area contributed by atoms with Crippen LogP contribution in [-0.4, -0.2) is 9.49 Å². The zero-order valence-electron chi connectivity index (χ0n) is 9.21. The van der Waals surface area contributed by atoms with Gasteiger partial charge in [0.1, 0.15) is 5.69 Å². The summed E-state index contributed by atoms with van der Waals surface area (Å²) in [5, 5.41) is 18.6. The lowest BCUT2D eigenvalue weighted by Gasteiger charge is -2.04. The lowest BCUT2D eigenvalue weighted by atomic mass is 10.2. The van der Waals surface area contributed by atoms with Crippen LogP contribution in [-0.2, 0) is 6.54 Å². The number of benzene rings is 1. The molecule has 0 amide bonds. The van der Waals surface area contributed by atoms with Gasteiger partial charge in [-0.15, -0.1) is 0 Å². The van der Waals surface area contributed by atoms with Gasteiger partial charge < -0.3 is 4.57 Å². The molecule has 5 nitrogen and oxygen atoms in total. The highest BCUT2D eigenvalue weighted by Crippen LogP contribution is 2.21. The molecule has 0 spiro atoms. The number of rotatable bonds is 3. The van der Waals surface area contributed by atoms with E-state index < -0.39 is 4.92 Å². The summed E-state index contributed by atoms with van der Waals surface area (Å²) >= 11 is 0.899. The van der Waals surface area contributed by atoms with E-state index in [1.54, 1.807) is 11.5 Å². The van der Waals surface area contributed by atoms with E-state index in [-0.39, 0.29) is 9.80 Å². The van der Waals surface area contributed by atoms with E-state index >= 15 is 0 Å². The van der Waals surface area contributed by atoms with Crippen molar-refractivity contribution in [1.82, 2.24) is 4.57 Å². The Bertz CT molecular complexity index is 601. The fourth-order valence-corrected chi connectivity index (χ4v) is 2.44. The van der Waals surface area contributed by atoms with E-state index in [1.807, 2.05) is 30.3 Å². The third kappa shape index (κ3) is 2.26. The molecule has 0 fully saturated rings. The summed E-state index contributed by atoms with van der Waals surface area (Å²) in [7, 11) is 0. The van der Waals surface area contributed by atoms with Crippen molar-refractivity contribution in [3.8, 4) is 0 Å². The van der Waals surface area contributed by atoms with Crippen LogP contribution in [0.3, 0.4) is 0 Å². The van der Waals surface area contributed by atoms with E-state index in [1.165, 1.54) is 0 Å². The summed E-state index contributed by atoms with van der Waals surface area (Å²) in [4.78, 5) is 10.5. The number of hydrogen-bond acceptors (Lipinski definition) is 4. The summed E-state index contributed by atoms with van der Waals surface area (Å²) < 4.78 is 1.65. The third-order valence-electron chi connectivity index (χ3n) is 2.50. The standard InChI is InChI=1S/C11H11N3O2S/c1-8-10(14(15)16)17-11(12)13(8)7-9-5-3-2-4-6-9/h2-6,12H,7H2,1H3. The van der Waals surface area contributed by atoms with Crippen molar-refractivity contribution in [1.29, 1.82) is 5.41 Å². The lowest BCUT2D eigenvalue weighted by Crippen LogP contribution is -2.15. The number of aromatic nitrogens is 1. The molecule has 0 radical (unpaired) electrons. The minimum absolute atomic E-state index is 0.0472. The Labute approximate surface area is 102 Å². The molecule has 17 heavy (non-hydrogen) atoms. The Morgan fingerprint density at radius 2 is 2.06 bits per heavy atom. The Morgan fingerprint density at radius 1 is 1.41 bits per heavy atom. The minimum Gasteiger partial charge on any atom is -0.311 e. The van der Waals surface area contributed by atoms with E-state index in [9.17, 15) is 10.1 Å². The highest BCUT2D eigenvalue weighted by molar-refractivity contribution is 7.12. The van der Waals surface area contributed by atoms with Crippen molar-refractivity contribution >= 4 is 16.3 Å². The molecule has 2 aromatic rings. The predicted octanol–water partition coefficient (Wildman–Crippen LogP) is 2.29. The molecule has 88 valence electrons. The molecule has 0 aliphatic heterocycles. The topological polar surface area (TPSA) is 71.9 Å². The number of thiazole rings is 1. The van der Waals surface area contributed by atoms with Gasteiger partial charge in [0.2, 0.25) is 0 Å². The second-order valence-electron chi connectivity index (χ2n) is 3.63. The Hall–Kier alpha value is -1.95. The zero-order valence-corrected chi connectivity index (χ0v) is 10.0. The van der Waals surface area contributed by atoms with Crippen LogP contribution in [0, 0.1) is 22.4 Å². The van der Waals surface area contributed by atoms with Gasteiger partial charge in [-0.25, -0.2) is 0 Å². The zero-order chi connectivity index (χ0) is 12.4. The molecule has 0 saturated heterocycles. The molecule has 0 saturated carbocycles. The number of nitro groups is 1. The number of nitrogens with one attached hydrogen (secondary N) is 1. The summed E-state index contributed by atoms with van der Waals surface area (Å²) in [6, 6.07) is 9.62. The molecule has 0 atom stereocenters. The fourth-order valence-electron chi connectivity index (χ4n) is 1.61.